The van der Waals surface area contributed by atoms with Crippen LogP contribution < -0.4 is 11.3 Å². The molecule has 0 unspecified atom stereocenters. The van der Waals surface area contributed by atoms with E-state index in [0.29, 0.717) is 35.6 Å². The lowest BCUT2D eigenvalue weighted by molar-refractivity contribution is 0.270. The Hall–Kier alpha value is -2.67. The minimum atomic E-state index is -0.0484. The minimum Gasteiger partial charge on any atom is -0.394 e. The number of nitrogens with two attached hydrogens (primary N) is 1. The summed E-state index contributed by atoms with van der Waals surface area (Å²) < 4.78 is 3.27. The van der Waals surface area contributed by atoms with Gasteiger partial charge in [-0.25, -0.2) is 9.67 Å². The zero-order valence-corrected chi connectivity index (χ0v) is 12.6. The highest BCUT2D eigenvalue weighted by atomic mass is 16.3. The Kier molecular flexibility index (Phi) is 3.16. The summed E-state index contributed by atoms with van der Waals surface area (Å²) in [5, 5.41) is 14.3. The van der Waals surface area contributed by atoms with E-state index in [0.717, 1.165) is 24.1 Å². The van der Waals surface area contributed by atoms with E-state index >= 15 is 0 Å². The maximum Gasteiger partial charge on any atom is 0.261 e. The Bertz CT molecular complexity index is 957. The monoisotopic (exact) mass is 311 g/mol. The number of benzene rings is 1. The molecule has 0 atom stereocenters. The molecule has 4 rings (SSSR count). The van der Waals surface area contributed by atoms with Crippen LogP contribution in [0.15, 0.2) is 29.1 Å². The van der Waals surface area contributed by atoms with Gasteiger partial charge in [0.05, 0.1) is 35.3 Å². The van der Waals surface area contributed by atoms with Crippen molar-refractivity contribution < 1.29 is 5.11 Å². The highest BCUT2D eigenvalue weighted by Crippen LogP contribution is 2.32. The summed E-state index contributed by atoms with van der Waals surface area (Å²) in [4.78, 5) is 17.5. The number of hydrogen-bond acceptors (Lipinski definition) is 5. The van der Waals surface area contributed by atoms with Crippen molar-refractivity contribution in [2.24, 2.45) is 0 Å². The second-order valence-corrected chi connectivity index (χ2v) is 5.67. The molecule has 0 bridgehead atoms. The molecule has 0 radical (unpaired) electrons. The van der Waals surface area contributed by atoms with Crippen LogP contribution in [0.2, 0.25) is 0 Å². The zero-order valence-electron chi connectivity index (χ0n) is 12.6. The van der Waals surface area contributed by atoms with Gasteiger partial charge in [-0.1, -0.05) is 12.1 Å². The van der Waals surface area contributed by atoms with E-state index in [1.54, 1.807) is 15.3 Å². The standard InChI is InChI=1S/C16H17N5O2/c17-14-13-12(19-21(14)8-9-22)6-3-7-20-15(13)18-11-5-2-1-4-10(11)16(20)23/h1-2,4-5,22H,3,6-9,17H2. The molecule has 1 aliphatic heterocycles. The third-order valence-corrected chi connectivity index (χ3v) is 4.26. The summed E-state index contributed by atoms with van der Waals surface area (Å²) >= 11 is 0. The molecule has 1 aliphatic rings. The van der Waals surface area contributed by atoms with Gasteiger partial charge < -0.3 is 10.8 Å². The van der Waals surface area contributed by atoms with Gasteiger partial charge >= 0.3 is 0 Å². The van der Waals surface area contributed by atoms with E-state index in [9.17, 15) is 4.79 Å². The van der Waals surface area contributed by atoms with Gasteiger partial charge in [0, 0.05) is 6.54 Å². The summed E-state index contributed by atoms with van der Waals surface area (Å²) in [6.45, 7) is 0.890. The number of aliphatic hydroxyl groups excluding tert-OH is 1. The summed E-state index contributed by atoms with van der Waals surface area (Å²) in [7, 11) is 0. The van der Waals surface area contributed by atoms with Gasteiger partial charge in [-0.15, -0.1) is 0 Å². The second kappa shape index (κ2) is 5.20. The first-order valence-corrected chi connectivity index (χ1v) is 7.66. The number of anilines is 1. The number of aliphatic hydroxyl groups is 1. The first kappa shape index (κ1) is 14.0. The Morgan fingerprint density at radius 2 is 2.13 bits per heavy atom. The fourth-order valence-corrected chi connectivity index (χ4v) is 3.18. The lowest BCUT2D eigenvalue weighted by atomic mass is 10.1. The third-order valence-electron chi connectivity index (χ3n) is 4.26. The molecule has 0 saturated carbocycles. The molecule has 0 saturated heterocycles. The van der Waals surface area contributed by atoms with Gasteiger partial charge in [-0.05, 0) is 25.0 Å². The predicted molar refractivity (Wildman–Crippen MR) is 87.0 cm³/mol. The number of nitrogen functional groups attached to an aromatic ring is 1. The fourth-order valence-electron chi connectivity index (χ4n) is 3.18. The van der Waals surface area contributed by atoms with Gasteiger partial charge in [0.15, 0.2) is 0 Å². The number of hydrogen-bond donors (Lipinski definition) is 2. The van der Waals surface area contributed by atoms with Crippen LogP contribution in [0, 0.1) is 0 Å². The highest BCUT2D eigenvalue weighted by Gasteiger charge is 2.25. The van der Waals surface area contributed by atoms with Gasteiger partial charge in [-0.3, -0.25) is 9.36 Å². The van der Waals surface area contributed by atoms with Crippen LogP contribution in [0.4, 0.5) is 5.82 Å². The van der Waals surface area contributed by atoms with Crippen LogP contribution in [0.1, 0.15) is 12.1 Å². The zero-order chi connectivity index (χ0) is 16.0. The van der Waals surface area contributed by atoms with E-state index in [-0.39, 0.29) is 12.2 Å². The summed E-state index contributed by atoms with van der Waals surface area (Å²) in [6.07, 6.45) is 1.53. The van der Waals surface area contributed by atoms with Crippen LogP contribution in [0.25, 0.3) is 22.3 Å². The molecule has 7 heteroatoms. The Labute approximate surface area is 132 Å². The Morgan fingerprint density at radius 3 is 2.96 bits per heavy atom. The molecule has 7 nitrogen and oxygen atoms in total. The number of aromatic nitrogens is 4. The SMILES string of the molecule is Nc1c2c(nn1CCO)CCCn1c-2nc2ccccc2c1=O. The third kappa shape index (κ3) is 2.04. The van der Waals surface area contributed by atoms with Crippen molar-refractivity contribution in [1.82, 2.24) is 19.3 Å². The molecular formula is C16H17N5O2. The average molecular weight is 311 g/mol. The Morgan fingerprint density at radius 1 is 1.30 bits per heavy atom. The maximum absolute atomic E-state index is 12.8. The average Bonchev–Trinajstić information content (AvgIpc) is 2.75. The van der Waals surface area contributed by atoms with Gasteiger partial charge in [-0.2, -0.15) is 5.10 Å². The maximum atomic E-state index is 12.8. The molecule has 0 amide bonds. The predicted octanol–water partition coefficient (Wildman–Crippen LogP) is 0.781. The molecule has 23 heavy (non-hydrogen) atoms. The molecule has 3 N–H and O–H groups in total. The van der Waals surface area contributed by atoms with E-state index < -0.39 is 0 Å². The molecular weight excluding hydrogens is 294 g/mol. The second-order valence-electron chi connectivity index (χ2n) is 5.67. The van der Waals surface area contributed by atoms with Gasteiger partial charge in [0.2, 0.25) is 0 Å². The number of nitrogens with zero attached hydrogens (tertiary/aromatic N) is 4. The van der Waals surface area contributed by atoms with Crippen LogP contribution in [0.3, 0.4) is 0 Å². The topological polar surface area (TPSA) is 99.0 Å². The Balaban J connectivity index is 2.06. The quantitative estimate of drug-likeness (QED) is 0.728. The largest absolute Gasteiger partial charge is 0.394 e. The molecule has 3 aromatic rings. The van der Waals surface area contributed by atoms with E-state index in [1.807, 2.05) is 18.2 Å². The van der Waals surface area contributed by atoms with Crippen LogP contribution >= 0.6 is 0 Å². The first-order valence-electron chi connectivity index (χ1n) is 7.66. The number of para-hydroxylation sites is 1. The van der Waals surface area contributed by atoms with Crippen molar-refractivity contribution in [1.29, 1.82) is 0 Å². The summed E-state index contributed by atoms with van der Waals surface area (Å²) in [5.41, 5.74) is 8.39. The van der Waals surface area contributed by atoms with Crippen molar-refractivity contribution in [2.75, 3.05) is 12.3 Å². The summed E-state index contributed by atoms with van der Waals surface area (Å²) in [5.74, 6) is 1.02. The minimum absolute atomic E-state index is 0.0390. The van der Waals surface area contributed by atoms with Crippen molar-refractivity contribution in [3.63, 3.8) is 0 Å². The van der Waals surface area contributed by atoms with Crippen molar-refractivity contribution in [3.05, 3.63) is 40.3 Å². The van der Waals surface area contributed by atoms with E-state index in [4.69, 9.17) is 10.8 Å². The van der Waals surface area contributed by atoms with Crippen molar-refractivity contribution in [2.45, 2.75) is 25.9 Å². The van der Waals surface area contributed by atoms with Crippen LogP contribution in [0.5, 0.6) is 0 Å². The first-order chi connectivity index (χ1) is 11.2. The molecule has 2 aromatic heterocycles. The van der Waals surface area contributed by atoms with E-state index in [2.05, 4.69) is 10.1 Å². The molecule has 3 heterocycles. The lowest BCUT2D eigenvalue weighted by Crippen LogP contribution is -2.23. The molecule has 1 aromatic carbocycles. The number of rotatable bonds is 2. The molecule has 0 spiro atoms. The van der Waals surface area contributed by atoms with Crippen LogP contribution in [-0.2, 0) is 19.5 Å². The van der Waals surface area contributed by atoms with E-state index in [1.165, 1.54) is 0 Å². The molecule has 0 aliphatic carbocycles. The fraction of sp³-hybridized carbons (Fsp3) is 0.312. The highest BCUT2D eigenvalue weighted by molar-refractivity contribution is 5.82. The normalized spacial score (nSPS) is 13.6. The smallest absolute Gasteiger partial charge is 0.261 e. The van der Waals surface area contributed by atoms with Crippen molar-refractivity contribution in [3.8, 4) is 11.4 Å². The van der Waals surface area contributed by atoms with Crippen molar-refractivity contribution >= 4 is 16.7 Å². The van der Waals surface area contributed by atoms with Gasteiger partial charge in [0.25, 0.3) is 5.56 Å². The van der Waals surface area contributed by atoms with Gasteiger partial charge in [0.1, 0.15) is 11.6 Å². The molecule has 118 valence electrons. The van der Waals surface area contributed by atoms with Crippen LogP contribution in [-0.4, -0.2) is 31.0 Å². The summed E-state index contributed by atoms with van der Waals surface area (Å²) in [6, 6.07) is 7.33. The number of fused-ring (bicyclic) bond motifs is 4. The molecule has 0 fully saturated rings. The lowest BCUT2D eigenvalue weighted by Gasteiger charge is -2.11. The number of aryl methyl sites for hydroxylation is 1.